The van der Waals surface area contributed by atoms with Gasteiger partial charge < -0.3 is 5.32 Å². The molecule has 0 radical (unpaired) electrons. The van der Waals surface area contributed by atoms with Gasteiger partial charge in [0.1, 0.15) is 11.5 Å². The van der Waals surface area contributed by atoms with Gasteiger partial charge in [-0.05, 0) is 19.4 Å². The Hall–Kier alpha value is -1.65. The fraction of sp³-hybridized carbons (Fsp3) is 0.500. The standard InChI is InChI=1S/C10H15N3O2/c1-3-4-7-11-10-6-5-9(13(14)15)8(2)12-10/h5-6H,3-4,7H2,1-2H3,(H,11,12). The van der Waals surface area contributed by atoms with Crippen LogP contribution in [0.25, 0.3) is 0 Å². The van der Waals surface area contributed by atoms with E-state index in [-0.39, 0.29) is 5.69 Å². The highest BCUT2D eigenvalue weighted by molar-refractivity contribution is 5.44. The molecule has 0 aliphatic carbocycles. The molecule has 0 amide bonds. The molecule has 15 heavy (non-hydrogen) atoms. The van der Waals surface area contributed by atoms with Gasteiger partial charge in [-0.25, -0.2) is 4.98 Å². The third-order valence-electron chi connectivity index (χ3n) is 2.09. The lowest BCUT2D eigenvalue weighted by molar-refractivity contribution is -0.385. The van der Waals surface area contributed by atoms with Crippen LogP contribution in [0.5, 0.6) is 0 Å². The van der Waals surface area contributed by atoms with E-state index >= 15 is 0 Å². The first kappa shape index (κ1) is 11.4. The molecule has 0 saturated carbocycles. The number of rotatable bonds is 5. The number of nitro groups is 1. The molecule has 0 bridgehead atoms. The Bertz CT molecular complexity index is 353. The zero-order chi connectivity index (χ0) is 11.3. The van der Waals surface area contributed by atoms with Gasteiger partial charge in [-0.3, -0.25) is 10.1 Å². The number of aromatic nitrogens is 1. The number of nitrogens with one attached hydrogen (secondary N) is 1. The highest BCUT2D eigenvalue weighted by Gasteiger charge is 2.11. The van der Waals surface area contributed by atoms with E-state index in [9.17, 15) is 10.1 Å². The van der Waals surface area contributed by atoms with Gasteiger partial charge in [0.25, 0.3) is 5.69 Å². The van der Waals surface area contributed by atoms with Crippen LogP contribution >= 0.6 is 0 Å². The molecule has 0 aliphatic heterocycles. The Morgan fingerprint density at radius 3 is 2.80 bits per heavy atom. The molecule has 82 valence electrons. The quantitative estimate of drug-likeness (QED) is 0.459. The summed E-state index contributed by atoms with van der Waals surface area (Å²) in [7, 11) is 0. The fourth-order valence-electron chi connectivity index (χ4n) is 1.24. The summed E-state index contributed by atoms with van der Waals surface area (Å²) in [6.45, 7) is 4.60. The van der Waals surface area contributed by atoms with Crippen LogP contribution in [-0.4, -0.2) is 16.5 Å². The van der Waals surface area contributed by atoms with Crippen LogP contribution in [0.2, 0.25) is 0 Å². The summed E-state index contributed by atoms with van der Waals surface area (Å²) >= 11 is 0. The SMILES string of the molecule is CCCCNc1ccc([N+](=O)[O-])c(C)n1. The van der Waals surface area contributed by atoms with Gasteiger partial charge in [-0.15, -0.1) is 0 Å². The summed E-state index contributed by atoms with van der Waals surface area (Å²) in [5.74, 6) is 0.701. The summed E-state index contributed by atoms with van der Waals surface area (Å²) in [5, 5.41) is 13.7. The Kier molecular flexibility index (Phi) is 4.03. The third kappa shape index (κ3) is 3.19. The van der Waals surface area contributed by atoms with Crippen LogP contribution in [0.15, 0.2) is 12.1 Å². The topological polar surface area (TPSA) is 68.1 Å². The predicted octanol–water partition coefficient (Wildman–Crippen LogP) is 2.51. The van der Waals surface area contributed by atoms with Gasteiger partial charge in [0.2, 0.25) is 0 Å². The first-order chi connectivity index (χ1) is 7.15. The summed E-state index contributed by atoms with van der Waals surface area (Å²) in [6.07, 6.45) is 2.18. The minimum Gasteiger partial charge on any atom is -0.370 e. The molecule has 5 heteroatoms. The summed E-state index contributed by atoms with van der Waals surface area (Å²) in [5.41, 5.74) is 0.512. The lowest BCUT2D eigenvalue weighted by Crippen LogP contribution is -2.04. The van der Waals surface area contributed by atoms with Crippen molar-refractivity contribution in [1.29, 1.82) is 0 Å². The number of hydrogen-bond acceptors (Lipinski definition) is 4. The van der Waals surface area contributed by atoms with Crippen molar-refractivity contribution in [2.75, 3.05) is 11.9 Å². The highest BCUT2D eigenvalue weighted by atomic mass is 16.6. The van der Waals surface area contributed by atoms with Gasteiger partial charge in [-0.2, -0.15) is 0 Å². The van der Waals surface area contributed by atoms with Crippen molar-refractivity contribution in [2.45, 2.75) is 26.7 Å². The van der Waals surface area contributed by atoms with E-state index in [1.54, 1.807) is 13.0 Å². The first-order valence-corrected chi connectivity index (χ1v) is 5.01. The Morgan fingerprint density at radius 2 is 2.27 bits per heavy atom. The van der Waals surface area contributed by atoms with E-state index in [1.807, 2.05) is 0 Å². The summed E-state index contributed by atoms with van der Waals surface area (Å²) in [6, 6.07) is 3.12. The second kappa shape index (κ2) is 5.29. The molecule has 1 aromatic heterocycles. The molecule has 0 unspecified atom stereocenters. The van der Waals surface area contributed by atoms with E-state index in [1.165, 1.54) is 6.07 Å². The van der Waals surface area contributed by atoms with Gasteiger partial charge in [-0.1, -0.05) is 13.3 Å². The number of unbranched alkanes of at least 4 members (excludes halogenated alkanes) is 1. The number of pyridine rings is 1. The minimum atomic E-state index is -0.418. The van der Waals surface area contributed by atoms with Crippen LogP contribution < -0.4 is 5.32 Å². The number of anilines is 1. The Labute approximate surface area is 88.7 Å². The second-order valence-corrected chi connectivity index (χ2v) is 3.34. The molecule has 0 aromatic carbocycles. The van der Waals surface area contributed by atoms with Crippen molar-refractivity contribution in [3.05, 3.63) is 27.9 Å². The Morgan fingerprint density at radius 1 is 1.53 bits per heavy atom. The molecule has 0 atom stereocenters. The van der Waals surface area contributed by atoms with Gasteiger partial charge in [0.05, 0.1) is 4.92 Å². The van der Waals surface area contributed by atoms with Gasteiger partial charge in [0.15, 0.2) is 0 Å². The molecule has 5 nitrogen and oxygen atoms in total. The largest absolute Gasteiger partial charge is 0.370 e. The normalized spacial score (nSPS) is 10.0. The number of hydrogen-bond donors (Lipinski definition) is 1. The van der Waals surface area contributed by atoms with Crippen molar-refractivity contribution < 1.29 is 4.92 Å². The smallest absolute Gasteiger partial charge is 0.290 e. The second-order valence-electron chi connectivity index (χ2n) is 3.34. The maximum Gasteiger partial charge on any atom is 0.290 e. The molecule has 1 heterocycles. The van der Waals surface area contributed by atoms with E-state index < -0.39 is 4.92 Å². The van der Waals surface area contributed by atoms with Gasteiger partial charge in [0, 0.05) is 12.6 Å². The fourth-order valence-corrected chi connectivity index (χ4v) is 1.24. The average molecular weight is 209 g/mol. The summed E-state index contributed by atoms with van der Waals surface area (Å²) < 4.78 is 0. The molecule has 0 saturated heterocycles. The molecule has 0 aliphatic rings. The molecular weight excluding hydrogens is 194 g/mol. The van der Waals surface area contributed by atoms with E-state index in [0.29, 0.717) is 11.5 Å². The third-order valence-corrected chi connectivity index (χ3v) is 2.09. The summed E-state index contributed by atoms with van der Waals surface area (Å²) in [4.78, 5) is 14.2. The zero-order valence-electron chi connectivity index (χ0n) is 8.99. The highest BCUT2D eigenvalue weighted by Crippen LogP contribution is 2.17. The molecule has 1 rings (SSSR count). The predicted molar refractivity (Wildman–Crippen MR) is 59.0 cm³/mol. The lowest BCUT2D eigenvalue weighted by atomic mass is 10.3. The molecule has 0 fully saturated rings. The Balaban J connectivity index is 2.69. The van der Waals surface area contributed by atoms with Crippen molar-refractivity contribution >= 4 is 11.5 Å². The van der Waals surface area contributed by atoms with Crippen LogP contribution in [-0.2, 0) is 0 Å². The van der Waals surface area contributed by atoms with Crippen molar-refractivity contribution in [2.24, 2.45) is 0 Å². The molecule has 1 N–H and O–H groups in total. The molecule has 1 aromatic rings. The maximum absolute atomic E-state index is 10.5. The van der Waals surface area contributed by atoms with Crippen LogP contribution in [0, 0.1) is 17.0 Å². The minimum absolute atomic E-state index is 0.0658. The van der Waals surface area contributed by atoms with E-state index in [4.69, 9.17) is 0 Å². The molecular formula is C10H15N3O2. The van der Waals surface area contributed by atoms with Crippen molar-refractivity contribution in [3.63, 3.8) is 0 Å². The average Bonchev–Trinajstić information content (AvgIpc) is 2.17. The first-order valence-electron chi connectivity index (χ1n) is 5.01. The van der Waals surface area contributed by atoms with Crippen LogP contribution in [0.1, 0.15) is 25.5 Å². The van der Waals surface area contributed by atoms with Crippen LogP contribution in [0.3, 0.4) is 0 Å². The maximum atomic E-state index is 10.5. The number of nitrogens with zero attached hydrogens (tertiary/aromatic N) is 2. The lowest BCUT2D eigenvalue weighted by Gasteiger charge is -2.05. The molecule has 0 spiro atoms. The van der Waals surface area contributed by atoms with E-state index in [2.05, 4.69) is 17.2 Å². The monoisotopic (exact) mass is 209 g/mol. The van der Waals surface area contributed by atoms with Crippen molar-refractivity contribution in [3.8, 4) is 0 Å². The van der Waals surface area contributed by atoms with Crippen LogP contribution in [0.4, 0.5) is 11.5 Å². The van der Waals surface area contributed by atoms with Gasteiger partial charge >= 0.3 is 0 Å². The van der Waals surface area contributed by atoms with E-state index in [0.717, 1.165) is 19.4 Å². The number of aryl methyl sites for hydroxylation is 1. The van der Waals surface area contributed by atoms with Crippen molar-refractivity contribution in [1.82, 2.24) is 4.98 Å². The zero-order valence-corrected chi connectivity index (χ0v) is 8.99.